The van der Waals surface area contributed by atoms with E-state index in [4.69, 9.17) is 14.6 Å². The third kappa shape index (κ3) is 4.85. The third-order valence-corrected chi connectivity index (χ3v) is 6.36. The number of carboxylic acids is 1. The number of aliphatic carboxylic acids is 1. The highest BCUT2D eigenvalue weighted by atomic mass is 16.6. The molecule has 0 saturated carbocycles. The molecule has 0 radical (unpaired) electrons. The summed E-state index contributed by atoms with van der Waals surface area (Å²) in [6, 6.07) is 15.6. The number of carbonyl (C=O) groups excluding carboxylic acids is 2. The Morgan fingerprint density at radius 3 is 2.33 bits per heavy atom. The zero-order valence-electron chi connectivity index (χ0n) is 18.5. The number of hydrogen-bond acceptors (Lipinski definition) is 5. The summed E-state index contributed by atoms with van der Waals surface area (Å²) in [6.07, 6.45) is -0.611. The van der Waals surface area contributed by atoms with Crippen LogP contribution in [0.25, 0.3) is 11.1 Å². The van der Waals surface area contributed by atoms with Gasteiger partial charge >= 0.3 is 12.1 Å². The van der Waals surface area contributed by atoms with Gasteiger partial charge in [0.2, 0.25) is 0 Å². The molecule has 2 aromatic rings. The number of hydrogen-bond donors (Lipinski definition) is 3. The second kappa shape index (κ2) is 10.0. The van der Waals surface area contributed by atoms with Gasteiger partial charge in [0.15, 0.2) is 6.10 Å². The number of carbonyl (C=O) groups is 3. The maximum absolute atomic E-state index is 12.6. The molecule has 3 atom stereocenters. The Balaban J connectivity index is 1.33. The number of amides is 2. The van der Waals surface area contributed by atoms with E-state index in [1.165, 1.54) is 0 Å². The highest BCUT2D eigenvalue weighted by molar-refractivity contribution is 5.83. The predicted octanol–water partition coefficient (Wildman–Crippen LogP) is 2.91. The Labute approximate surface area is 192 Å². The van der Waals surface area contributed by atoms with Crippen molar-refractivity contribution in [3.63, 3.8) is 0 Å². The van der Waals surface area contributed by atoms with Crippen molar-refractivity contribution in [2.75, 3.05) is 19.8 Å². The molecule has 33 heavy (non-hydrogen) atoms. The van der Waals surface area contributed by atoms with Crippen LogP contribution in [-0.2, 0) is 19.1 Å². The molecule has 2 aromatic carbocycles. The van der Waals surface area contributed by atoms with Crippen LogP contribution in [0.15, 0.2) is 48.5 Å². The van der Waals surface area contributed by atoms with Crippen LogP contribution in [0.5, 0.6) is 0 Å². The minimum absolute atomic E-state index is 0.0161. The van der Waals surface area contributed by atoms with Crippen LogP contribution in [0, 0.1) is 5.92 Å². The Kier molecular flexibility index (Phi) is 6.93. The first kappa shape index (κ1) is 22.8. The number of rotatable bonds is 8. The smallest absolute Gasteiger partial charge is 0.407 e. The fourth-order valence-corrected chi connectivity index (χ4v) is 4.52. The molecule has 3 unspecified atom stereocenters. The number of nitrogens with one attached hydrogen (secondary N) is 2. The van der Waals surface area contributed by atoms with Crippen LogP contribution in [-0.4, -0.2) is 55.0 Å². The highest BCUT2D eigenvalue weighted by Crippen LogP contribution is 2.44. The fraction of sp³-hybridized carbons (Fsp3) is 0.400. The average Bonchev–Trinajstić information content (AvgIpc) is 3.40. The van der Waals surface area contributed by atoms with Gasteiger partial charge in [-0.1, -0.05) is 55.5 Å². The summed E-state index contributed by atoms with van der Waals surface area (Å²) in [7, 11) is 0. The molecule has 1 fully saturated rings. The largest absolute Gasteiger partial charge is 0.481 e. The standard InChI is InChI=1S/C25H28N2O6/c1-2-15(24(29)30)13-26-23(28)22-21(11-12-32-22)27-25(31)33-14-20-18-9-5-3-7-16(18)17-8-4-6-10-19(17)20/h3-10,15,20-22H,2,11-14H2,1H3,(H,26,28)(H,27,31)(H,29,30). The molecule has 1 saturated heterocycles. The summed E-state index contributed by atoms with van der Waals surface area (Å²) < 4.78 is 11.1. The lowest BCUT2D eigenvalue weighted by Crippen LogP contribution is -2.49. The van der Waals surface area contributed by atoms with Crippen LogP contribution >= 0.6 is 0 Å². The molecule has 2 aliphatic rings. The number of alkyl carbamates (subject to hydrolysis) is 1. The van der Waals surface area contributed by atoms with E-state index in [1.54, 1.807) is 6.92 Å². The normalized spacial score (nSPS) is 19.9. The van der Waals surface area contributed by atoms with E-state index < -0.39 is 36.0 Å². The molecular formula is C25H28N2O6. The number of fused-ring (bicyclic) bond motifs is 3. The highest BCUT2D eigenvalue weighted by Gasteiger charge is 2.36. The van der Waals surface area contributed by atoms with Gasteiger partial charge in [0.1, 0.15) is 6.61 Å². The summed E-state index contributed by atoms with van der Waals surface area (Å²) in [6.45, 7) is 2.27. The van der Waals surface area contributed by atoms with E-state index in [2.05, 4.69) is 22.8 Å². The van der Waals surface area contributed by atoms with Crippen molar-refractivity contribution >= 4 is 18.0 Å². The van der Waals surface area contributed by atoms with Crippen molar-refractivity contribution in [2.45, 2.75) is 37.8 Å². The second-order valence-corrected chi connectivity index (χ2v) is 8.35. The van der Waals surface area contributed by atoms with Crippen molar-refractivity contribution < 1.29 is 29.0 Å². The minimum atomic E-state index is -0.960. The minimum Gasteiger partial charge on any atom is -0.481 e. The molecule has 1 aliphatic heterocycles. The Morgan fingerprint density at radius 1 is 1.09 bits per heavy atom. The van der Waals surface area contributed by atoms with Gasteiger partial charge < -0.3 is 25.2 Å². The SMILES string of the molecule is CCC(CNC(=O)C1OCCC1NC(=O)OCC1c2ccccc2-c2ccccc21)C(=O)O. The summed E-state index contributed by atoms with van der Waals surface area (Å²) in [5.41, 5.74) is 4.54. The second-order valence-electron chi connectivity index (χ2n) is 8.35. The van der Waals surface area contributed by atoms with E-state index in [0.717, 1.165) is 22.3 Å². The molecule has 1 aliphatic carbocycles. The van der Waals surface area contributed by atoms with Gasteiger partial charge in [-0.2, -0.15) is 0 Å². The fourth-order valence-electron chi connectivity index (χ4n) is 4.52. The van der Waals surface area contributed by atoms with Crippen molar-refractivity contribution in [1.82, 2.24) is 10.6 Å². The van der Waals surface area contributed by atoms with Crippen molar-refractivity contribution in [2.24, 2.45) is 5.92 Å². The molecule has 174 valence electrons. The number of benzene rings is 2. The third-order valence-electron chi connectivity index (χ3n) is 6.36. The predicted molar refractivity (Wildman–Crippen MR) is 121 cm³/mol. The lowest BCUT2D eigenvalue weighted by molar-refractivity contribution is -0.142. The van der Waals surface area contributed by atoms with Gasteiger partial charge in [-0.15, -0.1) is 0 Å². The molecular weight excluding hydrogens is 424 g/mol. The summed E-state index contributed by atoms with van der Waals surface area (Å²) in [4.78, 5) is 36.2. The maximum atomic E-state index is 12.6. The zero-order chi connectivity index (χ0) is 23.4. The first-order chi connectivity index (χ1) is 16.0. The van der Waals surface area contributed by atoms with Crippen molar-refractivity contribution in [3.8, 4) is 11.1 Å². The van der Waals surface area contributed by atoms with Gasteiger partial charge in [0.05, 0.1) is 12.0 Å². The molecule has 1 heterocycles. The lowest BCUT2D eigenvalue weighted by Gasteiger charge is -2.21. The van der Waals surface area contributed by atoms with Crippen LogP contribution in [0.3, 0.4) is 0 Å². The molecule has 0 spiro atoms. The van der Waals surface area contributed by atoms with E-state index >= 15 is 0 Å². The van der Waals surface area contributed by atoms with E-state index in [-0.39, 0.29) is 19.1 Å². The van der Waals surface area contributed by atoms with Crippen LogP contribution in [0.2, 0.25) is 0 Å². The van der Waals surface area contributed by atoms with E-state index in [9.17, 15) is 14.4 Å². The first-order valence-corrected chi connectivity index (χ1v) is 11.2. The lowest BCUT2D eigenvalue weighted by atomic mass is 9.98. The van der Waals surface area contributed by atoms with Gasteiger partial charge in [-0.3, -0.25) is 9.59 Å². The maximum Gasteiger partial charge on any atom is 0.407 e. The topological polar surface area (TPSA) is 114 Å². The Hall–Kier alpha value is -3.39. The van der Waals surface area contributed by atoms with Crippen LogP contribution < -0.4 is 10.6 Å². The Morgan fingerprint density at radius 2 is 1.73 bits per heavy atom. The quantitative estimate of drug-likeness (QED) is 0.568. The molecule has 2 amide bonds. The van der Waals surface area contributed by atoms with E-state index in [0.29, 0.717) is 19.4 Å². The van der Waals surface area contributed by atoms with Gasteiger partial charge in [0.25, 0.3) is 5.91 Å². The van der Waals surface area contributed by atoms with Crippen molar-refractivity contribution in [3.05, 3.63) is 59.7 Å². The summed E-state index contributed by atoms with van der Waals surface area (Å²) in [5, 5.41) is 14.5. The van der Waals surface area contributed by atoms with Gasteiger partial charge in [0, 0.05) is 19.1 Å². The van der Waals surface area contributed by atoms with Crippen LogP contribution in [0.4, 0.5) is 4.79 Å². The average molecular weight is 453 g/mol. The summed E-state index contributed by atoms with van der Waals surface area (Å²) >= 11 is 0. The number of ether oxygens (including phenoxy) is 2. The Bertz CT molecular complexity index is 994. The first-order valence-electron chi connectivity index (χ1n) is 11.2. The molecule has 0 aromatic heterocycles. The molecule has 8 heteroatoms. The molecule has 0 bridgehead atoms. The molecule has 8 nitrogen and oxygen atoms in total. The van der Waals surface area contributed by atoms with Gasteiger partial charge in [-0.25, -0.2) is 4.79 Å². The summed E-state index contributed by atoms with van der Waals surface area (Å²) in [5.74, 6) is -2.11. The molecule has 3 N–H and O–H groups in total. The van der Waals surface area contributed by atoms with Crippen molar-refractivity contribution in [1.29, 1.82) is 0 Å². The van der Waals surface area contributed by atoms with Gasteiger partial charge in [-0.05, 0) is 35.1 Å². The molecule has 4 rings (SSSR count). The van der Waals surface area contributed by atoms with Crippen LogP contribution in [0.1, 0.15) is 36.8 Å². The zero-order valence-corrected chi connectivity index (χ0v) is 18.5. The number of carboxylic acid groups (broad SMARTS) is 1. The monoisotopic (exact) mass is 452 g/mol. The van der Waals surface area contributed by atoms with E-state index in [1.807, 2.05) is 36.4 Å².